The zero-order valence-electron chi connectivity index (χ0n) is 14.2. The maximum absolute atomic E-state index is 12.6. The Hall–Kier alpha value is -1.04. The van der Waals surface area contributed by atoms with Gasteiger partial charge >= 0.3 is 0 Å². The lowest BCUT2D eigenvalue weighted by Crippen LogP contribution is -2.40. The highest BCUT2D eigenvalue weighted by Crippen LogP contribution is 2.20. The van der Waals surface area contributed by atoms with Gasteiger partial charge in [0.05, 0.1) is 5.56 Å². The number of halogens is 2. The number of likely N-dealkylation sites (tertiary alicyclic amines) is 1. The fourth-order valence-corrected chi connectivity index (χ4v) is 3.46. The van der Waals surface area contributed by atoms with Crippen molar-refractivity contribution in [3.63, 3.8) is 0 Å². The first-order chi connectivity index (χ1) is 10.8. The summed E-state index contributed by atoms with van der Waals surface area (Å²) in [5, 5.41) is 3.23. The first-order valence-electron chi connectivity index (χ1n) is 8.43. The number of aromatic nitrogens is 1. The summed E-state index contributed by atoms with van der Waals surface area (Å²) in [7, 11) is 1.99. The molecule has 1 aromatic rings. The molecule has 2 aliphatic heterocycles. The van der Waals surface area contributed by atoms with Crippen molar-refractivity contribution in [1.82, 2.24) is 15.2 Å². The van der Waals surface area contributed by atoms with Gasteiger partial charge in [0, 0.05) is 32.4 Å². The smallest absolute Gasteiger partial charge is 0.255 e. The van der Waals surface area contributed by atoms with Gasteiger partial charge in [0.2, 0.25) is 0 Å². The molecule has 7 heteroatoms. The van der Waals surface area contributed by atoms with E-state index in [4.69, 9.17) is 0 Å². The second-order valence-corrected chi connectivity index (χ2v) is 6.39. The van der Waals surface area contributed by atoms with Gasteiger partial charge in [-0.2, -0.15) is 0 Å². The molecular weight excluding hydrogens is 347 g/mol. The average molecular weight is 375 g/mol. The third-order valence-electron chi connectivity index (χ3n) is 4.82. The van der Waals surface area contributed by atoms with E-state index in [1.807, 2.05) is 24.1 Å². The van der Waals surface area contributed by atoms with Crippen LogP contribution in [0.4, 0.5) is 5.82 Å². The molecule has 2 saturated heterocycles. The van der Waals surface area contributed by atoms with Crippen LogP contribution >= 0.6 is 24.8 Å². The summed E-state index contributed by atoms with van der Waals surface area (Å²) in [5.41, 5.74) is 0.718. The Morgan fingerprint density at radius 3 is 2.38 bits per heavy atom. The van der Waals surface area contributed by atoms with Gasteiger partial charge in [-0.25, -0.2) is 4.98 Å². The highest BCUT2D eigenvalue weighted by molar-refractivity contribution is 5.94. The lowest BCUT2D eigenvalue weighted by Gasteiger charge is -2.32. The fourth-order valence-electron chi connectivity index (χ4n) is 3.46. The average Bonchev–Trinajstić information content (AvgIpc) is 3.10. The van der Waals surface area contributed by atoms with Crippen molar-refractivity contribution in [2.45, 2.75) is 25.7 Å². The summed E-state index contributed by atoms with van der Waals surface area (Å²) < 4.78 is 0. The van der Waals surface area contributed by atoms with Gasteiger partial charge in [0.25, 0.3) is 5.91 Å². The second-order valence-electron chi connectivity index (χ2n) is 6.39. The molecule has 0 aromatic carbocycles. The first-order valence-corrected chi connectivity index (χ1v) is 8.43. The molecule has 136 valence electrons. The molecule has 24 heavy (non-hydrogen) atoms. The van der Waals surface area contributed by atoms with Crippen LogP contribution in [0.15, 0.2) is 18.3 Å². The predicted molar refractivity (Wildman–Crippen MR) is 103 cm³/mol. The van der Waals surface area contributed by atoms with Crippen molar-refractivity contribution in [3.8, 4) is 0 Å². The Morgan fingerprint density at radius 1 is 1.17 bits per heavy atom. The molecule has 3 rings (SSSR count). The molecule has 2 aliphatic rings. The van der Waals surface area contributed by atoms with E-state index in [9.17, 15) is 4.79 Å². The summed E-state index contributed by atoms with van der Waals surface area (Å²) >= 11 is 0. The van der Waals surface area contributed by atoms with Gasteiger partial charge in [-0.15, -0.1) is 24.8 Å². The maximum Gasteiger partial charge on any atom is 0.255 e. The fraction of sp³-hybridized carbons (Fsp3) is 0.647. The van der Waals surface area contributed by atoms with Crippen molar-refractivity contribution >= 4 is 36.5 Å². The maximum atomic E-state index is 12.6. The van der Waals surface area contributed by atoms with Crippen LogP contribution in [-0.4, -0.2) is 55.6 Å². The predicted octanol–water partition coefficient (Wildman–Crippen LogP) is 2.60. The van der Waals surface area contributed by atoms with Gasteiger partial charge in [-0.05, 0) is 57.3 Å². The highest BCUT2D eigenvalue weighted by Gasteiger charge is 2.23. The van der Waals surface area contributed by atoms with Crippen LogP contribution in [0.25, 0.3) is 0 Å². The molecule has 0 saturated carbocycles. The van der Waals surface area contributed by atoms with Gasteiger partial charge in [-0.1, -0.05) is 0 Å². The Labute approximate surface area is 157 Å². The summed E-state index contributed by atoms with van der Waals surface area (Å²) in [6.45, 7) is 4.94. The summed E-state index contributed by atoms with van der Waals surface area (Å²) in [6, 6.07) is 3.93. The van der Waals surface area contributed by atoms with Crippen LogP contribution in [0.2, 0.25) is 0 Å². The standard InChI is InChI=1S/C17H26N4O.2ClH/c1-18-12-14-6-10-21(11-7-14)17(22)15-4-5-16(19-13-15)20-8-2-3-9-20;;/h4-5,13-14,18H,2-3,6-12H2,1H3;2*1H. The molecule has 1 N–H and O–H groups in total. The van der Waals surface area contributed by atoms with Crippen molar-refractivity contribution < 1.29 is 4.79 Å². The number of amides is 1. The SMILES string of the molecule is CNCC1CCN(C(=O)c2ccc(N3CCCC3)nc2)CC1.Cl.Cl. The van der Waals surface area contributed by atoms with Crippen LogP contribution in [0, 0.1) is 5.92 Å². The summed E-state index contributed by atoms with van der Waals surface area (Å²) in [5.74, 6) is 1.83. The number of nitrogens with zero attached hydrogens (tertiary/aromatic N) is 3. The molecule has 0 spiro atoms. The van der Waals surface area contributed by atoms with Crippen molar-refractivity contribution in [3.05, 3.63) is 23.9 Å². The van der Waals surface area contributed by atoms with Gasteiger partial charge in [0.1, 0.15) is 5.82 Å². The lowest BCUT2D eigenvalue weighted by molar-refractivity contribution is 0.0690. The molecule has 3 heterocycles. The number of rotatable bonds is 4. The number of carbonyl (C=O) groups is 1. The molecule has 0 radical (unpaired) electrons. The topological polar surface area (TPSA) is 48.5 Å². The van der Waals surface area contributed by atoms with E-state index in [0.717, 1.165) is 56.9 Å². The Kier molecular flexibility index (Phi) is 8.81. The van der Waals surface area contributed by atoms with Gasteiger partial charge in [-0.3, -0.25) is 4.79 Å². The van der Waals surface area contributed by atoms with Gasteiger partial charge in [0.15, 0.2) is 0 Å². The number of hydrogen-bond donors (Lipinski definition) is 1. The van der Waals surface area contributed by atoms with E-state index >= 15 is 0 Å². The number of piperidine rings is 1. The molecule has 0 aliphatic carbocycles. The third-order valence-corrected chi connectivity index (χ3v) is 4.82. The molecule has 5 nitrogen and oxygen atoms in total. The summed E-state index contributed by atoms with van der Waals surface area (Å²) in [4.78, 5) is 21.3. The zero-order valence-corrected chi connectivity index (χ0v) is 15.9. The zero-order chi connectivity index (χ0) is 15.4. The molecular formula is C17H28Cl2N4O. The van der Waals surface area contributed by atoms with E-state index in [-0.39, 0.29) is 30.7 Å². The van der Waals surface area contributed by atoms with Gasteiger partial charge < -0.3 is 15.1 Å². The first kappa shape index (κ1) is 21.0. The van der Waals surface area contributed by atoms with Crippen LogP contribution in [-0.2, 0) is 0 Å². The summed E-state index contributed by atoms with van der Waals surface area (Å²) in [6.07, 6.45) is 6.40. The molecule has 0 bridgehead atoms. The minimum atomic E-state index is 0. The molecule has 0 atom stereocenters. The number of pyridine rings is 1. The molecule has 2 fully saturated rings. The highest BCUT2D eigenvalue weighted by atomic mass is 35.5. The minimum Gasteiger partial charge on any atom is -0.357 e. The monoisotopic (exact) mass is 374 g/mol. The Balaban J connectivity index is 0.00000144. The number of hydrogen-bond acceptors (Lipinski definition) is 4. The van der Waals surface area contributed by atoms with Crippen LogP contribution in [0.3, 0.4) is 0 Å². The van der Waals surface area contributed by atoms with E-state index < -0.39 is 0 Å². The van der Waals surface area contributed by atoms with Crippen LogP contribution < -0.4 is 10.2 Å². The van der Waals surface area contributed by atoms with Crippen LogP contribution in [0.5, 0.6) is 0 Å². The Bertz CT molecular complexity index is 498. The van der Waals surface area contributed by atoms with Crippen molar-refractivity contribution in [2.75, 3.05) is 44.7 Å². The lowest BCUT2D eigenvalue weighted by atomic mass is 9.96. The number of nitrogens with one attached hydrogen (secondary N) is 1. The quantitative estimate of drug-likeness (QED) is 0.879. The molecule has 0 unspecified atom stereocenters. The van der Waals surface area contributed by atoms with E-state index in [0.29, 0.717) is 5.92 Å². The van der Waals surface area contributed by atoms with E-state index in [1.165, 1.54) is 12.8 Å². The molecule has 1 amide bonds. The molecule has 1 aromatic heterocycles. The van der Waals surface area contributed by atoms with E-state index in [2.05, 4.69) is 15.2 Å². The normalized spacial score (nSPS) is 18.0. The largest absolute Gasteiger partial charge is 0.357 e. The third kappa shape index (κ3) is 4.98. The van der Waals surface area contributed by atoms with Crippen molar-refractivity contribution in [1.29, 1.82) is 0 Å². The van der Waals surface area contributed by atoms with Crippen molar-refractivity contribution in [2.24, 2.45) is 5.92 Å². The minimum absolute atomic E-state index is 0. The second kappa shape index (κ2) is 10.1. The Morgan fingerprint density at radius 2 is 1.83 bits per heavy atom. The van der Waals surface area contributed by atoms with Crippen LogP contribution in [0.1, 0.15) is 36.0 Å². The number of anilines is 1. The van der Waals surface area contributed by atoms with E-state index in [1.54, 1.807) is 6.20 Å². The number of carbonyl (C=O) groups excluding carboxylic acids is 1.